The van der Waals surface area contributed by atoms with Crippen LogP contribution in [-0.4, -0.2) is 17.2 Å². The molecular formula is C12H13NO3S. The molecule has 1 heterocycles. The third kappa shape index (κ3) is 2.95. The van der Waals surface area contributed by atoms with Gasteiger partial charge in [-0.1, -0.05) is 6.07 Å². The zero-order valence-corrected chi connectivity index (χ0v) is 10.2. The molecule has 0 saturated heterocycles. The quantitative estimate of drug-likeness (QED) is 0.885. The Morgan fingerprint density at radius 1 is 1.35 bits per heavy atom. The molecule has 0 aliphatic rings. The SMILES string of the molecule is COc1cc(CO)ccc1OCc1nccs1. The topological polar surface area (TPSA) is 51.6 Å². The normalized spacial score (nSPS) is 10.2. The first-order chi connectivity index (χ1) is 8.33. The number of aliphatic hydroxyl groups excluding tert-OH is 1. The van der Waals surface area contributed by atoms with Crippen molar-refractivity contribution in [1.82, 2.24) is 4.98 Å². The van der Waals surface area contributed by atoms with Gasteiger partial charge in [0.25, 0.3) is 0 Å². The van der Waals surface area contributed by atoms with Gasteiger partial charge < -0.3 is 14.6 Å². The molecule has 1 N–H and O–H groups in total. The van der Waals surface area contributed by atoms with Crippen molar-refractivity contribution in [3.8, 4) is 11.5 Å². The lowest BCUT2D eigenvalue weighted by Crippen LogP contribution is -1.98. The van der Waals surface area contributed by atoms with Crippen LogP contribution in [0, 0.1) is 0 Å². The number of aromatic nitrogens is 1. The summed E-state index contributed by atoms with van der Waals surface area (Å²) in [7, 11) is 1.58. The standard InChI is InChI=1S/C12H13NO3S/c1-15-11-6-9(7-14)2-3-10(11)16-8-12-13-4-5-17-12/h2-6,14H,7-8H2,1H3. The van der Waals surface area contributed by atoms with Crippen LogP contribution in [0.5, 0.6) is 11.5 Å². The van der Waals surface area contributed by atoms with E-state index in [1.54, 1.807) is 42.8 Å². The lowest BCUT2D eigenvalue weighted by Gasteiger charge is -2.10. The molecule has 0 aliphatic heterocycles. The second kappa shape index (κ2) is 5.65. The van der Waals surface area contributed by atoms with E-state index in [0.717, 1.165) is 10.6 Å². The lowest BCUT2D eigenvalue weighted by atomic mass is 10.2. The number of nitrogens with zero attached hydrogens (tertiary/aromatic N) is 1. The van der Waals surface area contributed by atoms with E-state index < -0.39 is 0 Å². The number of rotatable bonds is 5. The van der Waals surface area contributed by atoms with Crippen LogP contribution in [0.25, 0.3) is 0 Å². The van der Waals surface area contributed by atoms with Gasteiger partial charge in [0.2, 0.25) is 0 Å². The molecule has 0 radical (unpaired) electrons. The van der Waals surface area contributed by atoms with Crippen molar-refractivity contribution < 1.29 is 14.6 Å². The van der Waals surface area contributed by atoms with Gasteiger partial charge in [0.15, 0.2) is 11.5 Å². The fraction of sp³-hybridized carbons (Fsp3) is 0.250. The van der Waals surface area contributed by atoms with E-state index in [9.17, 15) is 0 Å². The summed E-state index contributed by atoms with van der Waals surface area (Å²) in [5.41, 5.74) is 0.795. The van der Waals surface area contributed by atoms with E-state index in [4.69, 9.17) is 14.6 Å². The van der Waals surface area contributed by atoms with Crippen molar-refractivity contribution in [2.45, 2.75) is 13.2 Å². The van der Waals surface area contributed by atoms with Crippen molar-refractivity contribution >= 4 is 11.3 Å². The highest BCUT2D eigenvalue weighted by Crippen LogP contribution is 2.28. The molecule has 0 unspecified atom stereocenters. The van der Waals surface area contributed by atoms with Gasteiger partial charge in [-0.25, -0.2) is 4.98 Å². The number of thiazole rings is 1. The number of hydrogen-bond acceptors (Lipinski definition) is 5. The zero-order valence-electron chi connectivity index (χ0n) is 9.42. The van der Waals surface area contributed by atoms with E-state index in [0.29, 0.717) is 18.1 Å². The van der Waals surface area contributed by atoms with Crippen LogP contribution in [0.2, 0.25) is 0 Å². The van der Waals surface area contributed by atoms with Gasteiger partial charge in [0, 0.05) is 11.6 Å². The Hall–Kier alpha value is -1.59. The second-order valence-electron chi connectivity index (χ2n) is 3.36. The molecule has 0 saturated carbocycles. The summed E-state index contributed by atoms with van der Waals surface area (Å²) in [6.07, 6.45) is 1.75. The summed E-state index contributed by atoms with van der Waals surface area (Å²) in [5, 5.41) is 11.8. The predicted octanol–water partition coefficient (Wildman–Crippen LogP) is 2.22. The van der Waals surface area contributed by atoms with Crippen LogP contribution >= 0.6 is 11.3 Å². The highest BCUT2D eigenvalue weighted by molar-refractivity contribution is 7.09. The van der Waals surface area contributed by atoms with Gasteiger partial charge in [-0.2, -0.15) is 0 Å². The second-order valence-corrected chi connectivity index (χ2v) is 4.34. The van der Waals surface area contributed by atoms with Crippen LogP contribution < -0.4 is 9.47 Å². The van der Waals surface area contributed by atoms with Gasteiger partial charge in [-0.05, 0) is 17.7 Å². The first kappa shape index (κ1) is 11.9. The Balaban J connectivity index is 2.09. The summed E-state index contributed by atoms with van der Waals surface area (Å²) in [6, 6.07) is 5.36. The minimum atomic E-state index is -0.0108. The van der Waals surface area contributed by atoms with E-state index in [2.05, 4.69) is 4.98 Å². The van der Waals surface area contributed by atoms with Crippen LogP contribution in [0.4, 0.5) is 0 Å². The average molecular weight is 251 g/mol. The van der Waals surface area contributed by atoms with Gasteiger partial charge in [0.1, 0.15) is 11.6 Å². The molecule has 0 atom stereocenters. The number of benzene rings is 1. The molecule has 2 aromatic rings. The van der Waals surface area contributed by atoms with Crippen LogP contribution in [0.3, 0.4) is 0 Å². The lowest BCUT2D eigenvalue weighted by molar-refractivity contribution is 0.274. The van der Waals surface area contributed by atoms with E-state index in [-0.39, 0.29) is 6.61 Å². The largest absolute Gasteiger partial charge is 0.493 e. The third-order valence-electron chi connectivity index (χ3n) is 2.25. The van der Waals surface area contributed by atoms with Crippen LogP contribution in [0.1, 0.15) is 10.6 Å². The summed E-state index contributed by atoms with van der Waals surface area (Å²) >= 11 is 1.55. The highest BCUT2D eigenvalue weighted by atomic mass is 32.1. The van der Waals surface area contributed by atoms with Gasteiger partial charge in [-0.15, -0.1) is 11.3 Å². The van der Waals surface area contributed by atoms with Gasteiger partial charge >= 0.3 is 0 Å². The molecule has 0 aliphatic carbocycles. The molecule has 2 rings (SSSR count). The molecule has 1 aromatic carbocycles. The maximum absolute atomic E-state index is 9.02. The van der Waals surface area contributed by atoms with E-state index in [1.165, 1.54) is 0 Å². The zero-order chi connectivity index (χ0) is 12.1. The predicted molar refractivity (Wildman–Crippen MR) is 65.4 cm³/mol. The van der Waals surface area contributed by atoms with E-state index >= 15 is 0 Å². The number of hydrogen-bond donors (Lipinski definition) is 1. The molecule has 4 nitrogen and oxygen atoms in total. The summed E-state index contributed by atoms with van der Waals surface area (Å²) in [6.45, 7) is 0.412. The summed E-state index contributed by atoms with van der Waals surface area (Å²) < 4.78 is 10.8. The molecule has 17 heavy (non-hydrogen) atoms. The summed E-state index contributed by atoms with van der Waals surface area (Å²) in [4.78, 5) is 4.13. The van der Waals surface area contributed by atoms with Crippen molar-refractivity contribution in [2.75, 3.05) is 7.11 Å². The molecule has 0 amide bonds. The third-order valence-corrected chi connectivity index (χ3v) is 3.00. The molecule has 0 bridgehead atoms. The Morgan fingerprint density at radius 3 is 2.88 bits per heavy atom. The number of methoxy groups -OCH3 is 1. The van der Waals surface area contributed by atoms with Gasteiger partial charge in [0.05, 0.1) is 13.7 Å². The molecule has 1 aromatic heterocycles. The first-order valence-electron chi connectivity index (χ1n) is 5.12. The Morgan fingerprint density at radius 2 is 2.24 bits per heavy atom. The van der Waals surface area contributed by atoms with Crippen LogP contribution in [-0.2, 0) is 13.2 Å². The molecule has 90 valence electrons. The fourth-order valence-corrected chi connectivity index (χ4v) is 1.92. The Kier molecular flexibility index (Phi) is 3.95. The van der Waals surface area contributed by atoms with Crippen molar-refractivity contribution in [3.05, 3.63) is 40.3 Å². The monoisotopic (exact) mass is 251 g/mol. The molecular weight excluding hydrogens is 238 g/mol. The molecule has 0 spiro atoms. The van der Waals surface area contributed by atoms with Crippen molar-refractivity contribution in [2.24, 2.45) is 0 Å². The molecule has 0 fully saturated rings. The molecule has 5 heteroatoms. The van der Waals surface area contributed by atoms with Gasteiger partial charge in [-0.3, -0.25) is 0 Å². The Bertz CT molecular complexity index is 471. The Labute approximate surface area is 103 Å². The van der Waals surface area contributed by atoms with Crippen molar-refractivity contribution in [1.29, 1.82) is 0 Å². The minimum absolute atomic E-state index is 0.0108. The first-order valence-corrected chi connectivity index (χ1v) is 6.00. The number of aliphatic hydroxyl groups is 1. The minimum Gasteiger partial charge on any atom is -0.493 e. The van der Waals surface area contributed by atoms with E-state index in [1.807, 2.05) is 5.38 Å². The highest BCUT2D eigenvalue weighted by Gasteiger charge is 2.06. The fourth-order valence-electron chi connectivity index (χ4n) is 1.39. The van der Waals surface area contributed by atoms with Crippen molar-refractivity contribution in [3.63, 3.8) is 0 Å². The van der Waals surface area contributed by atoms with Crippen LogP contribution in [0.15, 0.2) is 29.8 Å². The maximum atomic E-state index is 9.02. The smallest absolute Gasteiger partial charge is 0.161 e. The number of ether oxygens (including phenoxy) is 2. The maximum Gasteiger partial charge on any atom is 0.161 e. The average Bonchev–Trinajstić information content (AvgIpc) is 2.89. The summed E-state index contributed by atoms with van der Waals surface area (Å²) in [5.74, 6) is 1.27.